The summed E-state index contributed by atoms with van der Waals surface area (Å²) in [5.41, 5.74) is 1.25. The lowest BCUT2D eigenvalue weighted by Crippen LogP contribution is -2.06. The summed E-state index contributed by atoms with van der Waals surface area (Å²) in [6.45, 7) is 0. The molecule has 2 N–H and O–H groups in total. The van der Waals surface area contributed by atoms with Gasteiger partial charge in [-0.15, -0.1) is 0 Å². The Labute approximate surface area is 157 Å². The van der Waals surface area contributed by atoms with E-state index in [1.807, 2.05) is 6.08 Å². The predicted octanol–water partition coefficient (Wildman–Crippen LogP) is 4.00. The third kappa shape index (κ3) is 4.06. The van der Waals surface area contributed by atoms with Crippen LogP contribution in [0.4, 0.5) is 0 Å². The number of Topliss-reactive ketones (excluding diaryl/α,β-unsaturated/α-hetero) is 1. The van der Waals surface area contributed by atoms with Crippen molar-refractivity contribution >= 4 is 11.9 Å². The third-order valence-corrected chi connectivity index (χ3v) is 4.41. The van der Waals surface area contributed by atoms with Crippen LogP contribution in [0.3, 0.4) is 0 Å². The standard InChI is InChI=1S/C21H22O6/c1-25-20-14-5-3-4-6-15(22)12-17(23)13-7-9-16(10-8-13)27-18(11-14)21(26-2)19(20)24/h3,5,7-11,17,23-24H,4,6,12H2,1-2H3/t17-/m0/s1. The van der Waals surface area contributed by atoms with Gasteiger partial charge in [0, 0.05) is 18.4 Å². The minimum atomic E-state index is -0.847. The van der Waals surface area contributed by atoms with E-state index in [-0.39, 0.29) is 29.5 Å². The van der Waals surface area contributed by atoms with Crippen LogP contribution in [-0.4, -0.2) is 30.2 Å². The molecule has 0 aliphatic carbocycles. The number of carbonyl (C=O) groups excluding carboxylic acids is 1. The molecule has 6 heteroatoms. The zero-order valence-corrected chi connectivity index (χ0v) is 15.3. The van der Waals surface area contributed by atoms with Gasteiger partial charge >= 0.3 is 0 Å². The van der Waals surface area contributed by atoms with E-state index in [0.29, 0.717) is 35.5 Å². The second-order valence-corrected chi connectivity index (χ2v) is 6.25. The van der Waals surface area contributed by atoms with Crippen molar-refractivity contribution in [3.8, 4) is 28.7 Å². The summed E-state index contributed by atoms with van der Waals surface area (Å²) in [5, 5.41) is 20.7. The van der Waals surface area contributed by atoms with Gasteiger partial charge < -0.3 is 24.4 Å². The van der Waals surface area contributed by atoms with Crippen LogP contribution < -0.4 is 14.2 Å². The Morgan fingerprint density at radius 3 is 2.48 bits per heavy atom. The van der Waals surface area contributed by atoms with Crippen molar-refractivity contribution in [3.63, 3.8) is 0 Å². The zero-order chi connectivity index (χ0) is 19.4. The van der Waals surface area contributed by atoms with Gasteiger partial charge in [0.05, 0.1) is 20.3 Å². The number of phenolic OH excluding ortho intramolecular Hbond substituents is 1. The monoisotopic (exact) mass is 370 g/mol. The molecule has 0 saturated carbocycles. The SMILES string of the molecule is COc1c2cc(c(OC)c1O)Oc1ccc(cc1)[C@@H](O)CC(=O)CCC=C2. The lowest BCUT2D eigenvalue weighted by Gasteiger charge is -2.16. The van der Waals surface area contributed by atoms with E-state index in [1.165, 1.54) is 14.2 Å². The van der Waals surface area contributed by atoms with Crippen molar-refractivity contribution in [2.45, 2.75) is 25.4 Å². The highest BCUT2D eigenvalue weighted by molar-refractivity contribution is 5.79. The molecular weight excluding hydrogens is 348 g/mol. The maximum atomic E-state index is 12.1. The molecule has 2 heterocycles. The molecule has 0 saturated heterocycles. The maximum Gasteiger partial charge on any atom is 0.207 e. The highest BCUT2D eigenvalue weighted by Gasteiger charge is 2.20. The molecule has 0 radical (unpaired) electrons. The number of phenols is 1. The second kappa shape index (κ2) is 8.14. The molecule has 4 rings (SSSR count). The Kier molecular flexibility index (Phi) is 5.66. The van der Waals surface area contributed by atoms with Gasteiger partial charge in [-0.1, -0.05) is 24.3 Å². The number of methoxy groups -OCH3 is 2. The number of benzene rings is 2. The molecule has 4 bridgehead atoms. The molecular formula is C21H22O6. The Morgan fingerprint density at radius 2 is 1.81 bits per heavy atom. The Bertz CT molecular complexity index is 854. The van der Waals surface area contributed by atoms with E-state index in [0.717, 1.165) is 0 Å². The molecule has 2 aromatic carbocycles. The van der Waals surface area contributed by atoms with Crippen LogP contribution in [0.25, 0.3) is 6.08 Å². The molecule has 2 aromatic rings. The Balaban J connectivity index is 2.10. The number of allylic oxidation sites excluding steroid dienone is 1. The van der Waals surface area contributed by atoms with Gasteiger partial charge in [-0.2, -0.15) is 0 Å². The maximum absolute atomic E-state index is 12.1. The number of carbonyl (C=O) groups is 1. The molecule has 142 valence electrons. The van der Waals surface area contributed by atoms with Gasteiger partial charge in [-0.3, -0.25) is 4.79 Å². The summed E-state index contributed by atoms with van der Waals surface area (Å²) in [6, 6.07) is 8.51. The zero-order valence-electron chi connectivity index (χ0n) is 15.3. The summed E-state index contributed by atoms with van der Waals surface area (Å²) >= 11 is 0. The summed E-state index contributed by atoms with van der Waals surface area (Å²) in [5.74, 6) is 1.07. The number of fused-ring (bicyclic) bond motifs is 7. The van der Waals surface area contributed by atoms with Crippen molar-refractivity contribution in [3.05, 3.63) is 47.5 Å². The summed E-state index contributed by atoms with van der Waals surface area (Å²) in [7, 11) is 2.89. The molecule has 0 unspecified atom stereocenters. The van der Waals surface area contributed by atoms with Gasteiger partial charge in [-0.05, 0) is 30.2 Å². The molecule has 1 atom stereocenters. The first-order chi connectivity index (χ1) is 13.0. The minimum Gasteiger partial charge on any atom is -0.502 e. The van der Waals surface area contributed by atoms with Crippen LogP contribution in [0.2, 0.25) is 0 Å². The first-order valence-corrected chi connectivity index (χ1v) is 8.65. The van der Waals surface area contributed by atoms with Crippen LogP contribution in [-0.2, 0) is 4.79 Å². The number of hydrogen-bond acceptors (Lipinski definition) is 6. The van der Waals surface area contributed by atoms with Crippen LogP contribution in [0.15, 0.2) is 36.4 Å². The fraction of sp³-hybridized carbons (Fsp3) is 0.286. The van der Waals surface area contributed by atoms with Crippen LogP contribution >= 0.6 is 0 Å². The molecule has 2 aliphatic rings. The molecule has 2 aliphatic heterocycles. The van der Waals surface area contributed by atoms with E-state index in [4.69, 9.17) is 14.2 Å². The fourth-order valence-corrected chi connectivity index (χ4v) is 3.02. The van der Waals surface area contributed by atoms with E-state index in [2.05, 4.69) is 0 Å². The number of aliphatic hydroxyl groups excluding tert-OH is 1. The molecule has 0 aromatic heterocycles. The van der Waals surface area contributed by atoms with Gasteiger partial charge in [0.15, 0.2) is 11.5 Å². The molecule has 6 nitrogen and oxygen atoms in total. The quantitative estimate of drug-likeness (QED) is 0.831. The minimum absolute atomic E-state index is 0.0208. The second-order valence-electron chi connectivity index (χ2n) is 6.25. The number of rotatable bonds is 2. The lowest BCUT2D eigenvalue weighted by atomic mass is 10.0. The Hall–Kier alpha value is -2.99. The van der Waals surface area contributed by atoms with Gasteiger partial charge in [0.1, 0.15) is 11.5 Å². The number of aliphatic hydroxyl groups is 1. The first-order valence-electron chi connectivity index (χ1n) is 8.65. The van der Waals surface area contributed by atoms with Gasteiger partial charge in [-0.25, -0.2) is 0 Å². The lowest BCUT2D eigenvalue weighted by molar-refractivity contribution is -0.120. The van der Waals surface area contributed by atoms with Gasteiger partial charge in [0.25, 0.3) is 0 Å². The number of hydrogen-bond donors (Lipinski definition) is 2. The highest BCUT2D eigenvalue weighted by Crippen LogP contribution is 2.47. The van der Waals surface area contributed by atoms with Crippen molar-refractivity contribution in [2.24, 2.45) is 0 Å². The molecule has 0 spiro atoms. The van der Waals surface area contributed by atoms with E-state index < -0.39 is 6.10 Å². The van der Waals surface area contributed by atoms with Crippen LogP contribution in [0, 0.1) is 0 Å². The Morgan fingerprint density at radius 1 is 1.11 bits per heavy atom. The fourth-order valence-electron chi connectivity index (χ4n) is 3.02. The molecule has 0 fully saturated rings. The molecule has 27 heavy (non-hydrogen) atoms. The van der Waals surface area contributed by atoms with Crippen LogP contribution in [0.1, 0.15) is 36.5 Å². The average molecular weight is 370 g/mol. The topological polar surface area (TPSA) is 85.2 Å². The summed E-state index contributed by atoms with van der Waals surface area (Å²) < 4.78 is 16.5. The largest absolute Gasteiger partial charge is 0.502 e. The first kappa shape index (κ1) is 18.8. The van der Waals surface area contributed by atoms with Crippen molar-refractivity contribution < 1.29 is 29.2 Å². The van der Waals surface area contributed by atoms with E-state index >= 15 is 0 Å². The number of aromatic hydroxyl groups is 1. The van der Waals surface area contributed by atoms with Crippen LogP contribution in [0.5, 0.6) is 28.7 Å². The highest BCUT2D eigenvalue weighted by atomic mass is 16.5. The van der Waals surface area contributed by atoms with Crippen molar-refractivity contribution in [2.75, 3.05) is 14.2 Å². The summed E-state index contributed by atoms with van der Waals surface area (Å²) in [6.07, 6.45) is 3.63. The number of ether oxygens (including phenoxy) is 3. The summed E-state index contributed by atoms with van der Waals surface area (Å²) in [4.78, 5) is 12.1. The normalized spacial score (nSPS) is 17.0. The van der Waals surface area contributed by atoms with Crippen molar-refractivity contribution in [1.82, 2.24) is 0 Å². The van der Waals surface area contributed by atoms with E-state index in [9.17, 15) is 15.0 Å². The van der Waals surface area contributed by atoms with E-state index in [1.54, 1.807) is 36.4 Å². The molecule has 0 amide bonds. The smallest absolute Gasteiger partial charge is 0.207 e. The predicted molar refractivity (Wildman–Crippen MR) is 101 cm³/mol. The average Bonchev–Trinajstić information content (AvgIpc) is 2.66. The van der Waals surface area contributed by atoms with Gasteiger partial charge in [0.2, 0.25) is 11.5 Å². The van der Waals surface area contributed by atoms with Crippen molar-refractivity contribution in [1.29, 1.82) is 0 Å². The third-order valence-electron chi connectivity index (χ3n) is 4.41. The number of ketones is 1.